The van der Waals surface area contributed by atoms with Gasteiger partial charge in [-0.05, 0) is 75.7 Å². The van der Waals surface area contributed by atoms with Crippen LogP contribution in [-0.4, -0.2) is 36.7 Å². The van der Waals surface area contributed by atoms with Crippen LogP contribution in [0.4, 0.5) is 5.69 Å². The van der Waals surface area contributed by atoms with Crippen LogP contribution < -0.4 is 5.32 Å². The Balaban J connectivity index is 1.67. The molecule has 4 rings (SSSR count). The number of carbonyl (C=O) groups is 2. The molecule has 0 bridgehead atoms. The third kappa shape index (κ3) is 5.75. The summed E-state index contributed by atoms with van der Waals surface area (Å²) < 4.78 is 1.61. The number of ketones is 1. The second kappa shape index (κ2) is 10.4. The highest BCUT2D eigenvalue weighted by Gasteiger charge is 2.22. The number of carbonyl (C=O) groups excluding carboxylic acids is 2. The third-order valence-electron chi connectivity index (χ3n) is 5.23. The van der Waals surface area contributed by atoms with E-state index >= 15 is 0 Å². The molecule has 1 N–H and O–H groups in total. The highest BCUT2D eigenvalue weighted by atomic mass is 35.5. The smallest absolute Gasteiger partial charge is 0.278 e. The first kappa shape index (κ1) is 24.6. The van der Waals surface area contributed by atoms with E-state index in [1.165, 1.54) is 18.7 Å². The molecule has 8 nitrogen and oxygen atoms in total. The Morgan fingerprint density at radius 2 is 1.69 bits per heavy atom. The van der Waals surface area contributed by atoms with E-state index in [1.807, 2.05) is 39.0 Å². The molecule has 0 aliphatic rings. The van der Waals surface area contributed by atoms with E-state index in [0.717, 1.165) is 17.0 Å². The minimum absolute atomic E-state index is 0.0458. The number of thioether (sulfide) groups is 1. The maximum atomic E-state index is 13.2. The fraction of sp³-hybridized carbons (Fsp3) is 0.200. The molecule has 0 saturated carbocycles. The summed E-state index contributed by atoms with van der Waals surface area (Å²) >= 11 is 7.74. The van der Waals surface area contributed by atoms with Crippen LogP contribution in [0.1, 0.15) is 50.4 Å². The van der Waals surface area contributed by atoms with Gasteiger partial charge in [0, 0.05) is 33.4 Å². The number of amides is 1. The van der Waals surface area contributed by atoms with E-state index < -0.39 is 5.91 Å². The number of hydrogen-bond donors (Lipinski definition) is 1. The van der Waals surface area contributed by atoms with Crippen LogP contribution in [0.5, 0.6) is 0 Å². The summed E-state index contributed by atoms with van der Waals surface area (Å²) in [6.07, 6.45) is 0. The molecule has 2 aromatic heterocycles. The number of Topliss-reactive ketones (excluding diaryl/α,β-unsaturated/α-hetero) is 1. The van der Waals surface area contributed by atoms with Crippen LogP contribution in [0.25, 0.3) is 5.69 Å². The molecule has 0 aliphatic heterocycles. The molecule has 10 heteroatoms. The molecule has 4 aromatic rings. The lowest BCUT2D eigenvalue weighted by Crippen LogP contribution is -2.15. The number of rotatable bonds is 7. The van der Waals surface area contributed by atoms with Gasteiger partial charge in [0.1, 0.15) is 0 Å². The van der Waals surface area contributed by atoms with Gasteiger partial charge in [0.2, 0.25) is 0 Å². The van der Waals surface area contributed by atoms with E-state index in [4.69, 9.17) is 11.6 Å². The molecule has 0 spiro atoms. The lowest BCUT2D eigenvalue weighted by Gasteiger charge is -2.10. The fourth-order valence-corrected chi connectivity index (χ4v) is 4.51. The van der Waals surface area contributed by atoms with Crippen LogP contribution in [0, 0.1) is 20.8 Å². The second-order valence-corrected chi connectivity index (χ2v) is 9.39. The topological polar surface area (TPSA) is 103 Å². The summed E-state index contributed by atoms with van der Waals surface area (Å²) in [5.41, 5.74) is 5.22. The number of halogens is 1. The van der Waals surface area contributed by atoms with Gasteiger partial charge in [0.25, 0.3) is 5.91 Å². The monoisotopic (exact) mass is 506 g/mol. The van der Waals surface area contributed by atoms with E-state index in [2.05, 4.69) is 25.6 Å². The average molecular weight is 507 g/mol. The van der Waals surface area contributed by atoms with Gasteiger partial charge in [0.15, 0.2) is 16.6 Å². The Hall–Kier alpha value is -3.56. The van der Waals surface area contributed by atoms with Crippen molar-refractivity contribution in [3.05, 3.63) is 87.5 Å². The predicted octanol–water partition coefficient (Wildman–Crippen LogP) is 5.38. The number of anilines is 1. The number of nitrogens with zero attached hydrogens (tertiary/aromatic N) is 5. The Labute approximate surface area is 212 Å². The van der Waals surface area contributed by atoms with Crippen LogP contribution >= 0.6 is 23.4 Å². The number of aryl methyl sites for hydroxylation is 3. The van der Waals surface area contributed by atoms with Crippen LogP contribution in [0.2, 0.25) is 5.02 Å². The first-order chi connectivity index (χ1) is 16.7. The molecular formula is C25H23ClN6O2S. The van der Waals surface area contributed by atoms with Gasteiger partial charge in [-0.1, -0.05) is 34.6 Å². The van der Waals surface area contributed by atoms with Gasteiger partial charge in [-0.15, -0.1) is 5.10 Å². The Morgan fingerprint density at radius 1 is 1.00 bits per heavy atom. The second-order valence-electron chi connectivity index (χ2n) is 8.04. The molecular weight excluding hydrogens is 484 g/mol. The Bertz CT molecular complexity index is 1400. The van der Waals surface area contributed by atoms with Crippen molar-refractivity contribution < 1.29 is 9.59 Å². The minimum atomic E-state index is -0.415. The zero-order valence-corrected chi connectivity index (χ0v) is 21.2. The Morgan fingerprint density at radius 3 is 2.31 bits per heavy atom. The molecule has 0 radical (unpaired) electrons. The quantitative estimate of drug-likeness (QED) is 0.204. The van der Waals surface area contributed by atoms with Gasteiger partial charge in [-0.2, -0.15) is 0 Å². The van der Waals surface area contributed by atoms with Crippen LogP contribution in [-0.2, 0) is 5.75 Å². The van der Waals surface area contributed by atoms with E-state index in [-0.39, 0.29) is 11.5 Å². The lowest BCUT2D eigenvalue weighted by molar-refractivity contribution is 0.101. The Kier molecular flexibility index (Phi) is 7.28. The maximum absolute atomic E-state index is 13.2. The SMILES string of the molecule is CC(=O)c1ccc(NC(=O)c2nnn(-c3ccc(C)c(Cl)c3)c2CSc2nc(C)cc(C)n2)cc1. The molecule has 0 atom stereocenters. The number of benzene rings is 2. The molecule has 0 aliphatic carbocycles. The summed E-state index contributed by atoms with van der Waals surface area (Å²) in [6.45, 7) is 7.23. The van der Waals surface area contributed by atoms with Gasteiger partial charge in [0.05, 0.1) is 11.4 Å². The molecule has 35 heavy (non-hydrogen) atoms. The molecule has 1 amide bonds. The van der Waals surface area contributed by atoms with Crippen molar-refractivity contribution in [3.63, 3.8) is 0 Å². The first-order valence-electron chi connectivity index (χ1n) is 10.8. The van der Waals surface area contributed by atoms with Gasteiger partial charge in [-0.3, -0.25) is 9.59 Å². The fourth-order valence-electron chi connectivity index (χ4n) is 3.40. The van der Waals surface area contributed by atoms with Crippen LogP contribution in [0.3, 0.4) is 0 Å². The van der Waals surface area contributed by atoms with Gasteiger partial charge in [-0.25, -0.2) is 14.6 Å². The first-order valence-corrected chi connectivity index (χ1v) is 12.2. The highest BCUT2D eigenvalue weighted by Crippen LogP contribution is 2.26. The summed E-state index contributed by atoms with van der Waals surface area (Å²) in [4.78, 5) is 33.7. The van der Waals surface area contributed by atoms with Gasteiger partial charge < -0.3 is 5.32 Å². The number of aromatic nitrogens is 5. The number of nitrogens with one attached hydrogen (secondary N) is 1. The number of hydrogen-bond acceptors (Lipinski definition) is 7. The molecule has 0 fully saturated rings. The largest absolute Gasteiger partial charge is 0.321 e. The summed E-state index contributed by atoms with van der Waals surface area (Å²) in [5, 5.41) is 12.5. The third-order valence-corrected chi connectivity index (χ3v) is 6.49. The van der Waals surface area contributed by atoms with Crippen LogP contribution in [0.15, 0.2) is 53.7 Å². The molecule has 0 unspecified atom stereocenters. The van der Waals surface area contributed by atoms with Gasteiger partial charge >= 0.3 is 0 Å². The van der Waals surface area contributed by atoms with Crippen molar-refractivity contribution in [1.29, 1.82) is 0 Å². The van der Waals surface area contributed by atoms with E-state index in [0.29, 0.717) is 38.6 Å². The summed E-state index contributed by atoms with van der Waals surface area (Å²) in [6, 6.07) is 14.1. The zero-order valence-electron chi connectivity index (χ0n) is 19.7. The van der Waals surface area contributed by atoms with Crippen molar-refractivity contribution in [3.8, 4) is 5.69 Å². The summed E-state index contributed by atoms with van der Waals surface area (Å²) in [5.74, 6) is -0.106. The van der Waals surface area contributed by atoms with Crippen molar-refractivity contribution in [1.82, 2.24) is 25.0 Å². The van der Waals surface area contributed by atoms with Crippen molar-refractivity contribution in [2.75, 3.05) is 5.32 Å². The van der Waals surface area contributed by atoms with E-state index in [1.54, 1.807) is 35.0 Å². The zero-order chi connectivity index (χ0) is 25.1. The summed E-state index contributed by atoms with van der Waals surface area (Å²) in [7, 11) is 0. The average Bonchev–Trinajstić information content (AvgIpc) is 3.23. The molecule has 2 heterocycles. The lowest BCUT2D eigenvalue weighted by atomic mass is 10.1. The normalized spacial score (nSPS) is 10.9. The molecule has 2 aromatic carbocycles. The maximum Gasteiger partial charge on any atom is 0.278 e. The molecule has 0 saturated heterocycles. The van der Waals surface area contributed by atoms with E-state index in [9.17, 15) is 9.59 Å². The molecule has 178 valence electrons. The van der Waals surface area contributed by atoms with Crippen molar-refractivity contribution in [2.24, 2.45) is 0 Å². The predicted molar refractivity (Wildman–Crippen MR) is 137 cm³/mol. The minimum Gasteiger partial charge on any atom is -0.321 e. The highest BCUT2D eigenvalue weighted by molar-refractivity contribution is 7.98. The standard InChI is InChI=1S/C25H23ClN6O2S/c1-14-5-10-20(12-21(14)26)32-22(13-35-25-27-15(2)11-16(3)28-25)23(30-31-32)24(34)29-19-8-6-18(7-9-19)17(4)33/h5-12H,13H2,1-4H3,(H,29,34). The van der Waals surface area contributed by atoms with Crippen molar-refractivity contribution in [2.45, 2.75) is 38.6 Å². The van der Waals surface area contributed by atoms with Crippen molar-refractivity contribution >= 4 is 40.7 Å².